The Morgan fingerprint density at radius 1 is 1.06 bits per heavy atom. The summed E-state index contributed by atoms with van der Waals surface area (Å²) in [7, 11) is 0. The van der Waals surface area contributed by atoms with Gasteiger partial charge < -0.3 is 10.1 Å². The van der Waals surface area contributed by atoms with Gasteiger partial charge in [0.15, 0.2) is 0 Å². The molecule has 0 atom stereocenters. The van der Waals surface area contributed by atoms with Crippen molar-refractivity contribution in [3.63, 3.8) is 0 Å². The molecule has 2 aliphatic rings. The Labute approximate surface area is 104 Å². The normalized spacial score (nSPS) is 20.3. The molecule has 0 saturated heterocycles. The summed E-state index contributed by atoms with van der Waals surface area (Å²) in [6.45, 7) is 2.13. The first-order valence-electron chi connectivity index (χ1n) is 5.64. The molecule has 3 rings (SSSR count). The summed E-state index contributed by atoms with van der Waals surface area (Å²) < 4.78 is 7.07. The van der Waals surface area contributed by atoms with E-state index in [-0.39, 0.29) is 0 Å². The van der Waals surface area contributed by atoms with Crippen molar-refractivity contribution >= 4 is 15.9 Å². The molecule has 1 aromatic carbocycles. The van der Waals surface area contributed by atoms with Gasteiger partial charge in [0.2, 0.25) is 0 Å². The van der Waals surface area contributed by atoms with Gasteiger partial charge in [-0.25, -0.2) is 0 Å². The first-order valence-corrected chi connectivity index (χ1v) is 6.43. The molecule has 0 radical (unpaired) electrons. The summed E-state index contributed by atoms with van der Waals surface area (Å²) in [6.07, 6.45) is 2.55. The zero-order chi connectivity index (χ0) is 11.0. The molecule has 1 aliphatic carbocycles. The van der Waals surface area contributed by atoms with Gasteiger partial charge >= 0.3 is 0 Å². The average Bonchev–Trinajstić information content (AvgIpc) is 2.81. The third-order valence-electron chi connectivity index (χ3n) is 3.24. The maximum atomic E-state index is 5.98. The molecule has 0 unspecified atom stereocenters. The highest BCUT2D eigenvalue weighted by Crippen LogP contribution is 2.31. The van der Waals surface area contributed by atoms with Crippen LogP contribution in [0, 0.1) is 0 Å². The van der Waals surface area contributed by atoms with Gasteiger partial charge in [-0.3, -0.25) is 0 Å². The van der Waals surface area contributed by atoms with E-state index in [0.29, 0.717) is 6.10 Å². The highest BCUT2D eigenvalue weighted by Gasteiger charge is 2.28. The Morgan fingerprint density at radius 2 is 1.69 bits per heavy atom. The molecule has 3 heteroatoms. The number of nitrogens with one attached hydrogen (secondary N) is 1. The molecular formula is C13H14BrNO. The van der Waals surface area contributed by atoms with Crippen LogP contribution in [0.1, 0.15) is 12.8 Å². The van der Waals surface area contributed by atoms with Gasteiger partial charge in [0.25, 0.3) is 0 Å². The zero-order valence-electron chi connectivity index (χ0n) is 9.00. The van der Waals surface area contributed by atoms with E-state index in [1.165, 1.54) is 0 Å². The lowest BCUT2D eigenvalue weighted by molar-refractivity contribution is 0.210. The third kappa shape index (κ3) is 2.02. The first-order chi connectivity index (χ1) is 7.81. The van der Waals surface area contributed by atoms with Gasteiger partial charge in [-0.1, -0.05) is 27.1 Å². The van der Waals surface area contributed by atoms with Crippen LogP contribution in [-0.4, -0.2) is 19.2 Å². The minimum Gasteiger partial charge on any atom is -0.490 e. The molecule has 1 aromatic rings. The summed E-state index contributed by atoms with van der Waals surface area (Å²) in [4.78, 5) is 0. The molecule has 2 nitrogen and oxygen atoms in total. The molecular weight excluding hydrogens is 266 g/mol. The van der Waals surface area contributed by atoms with Crippen LogP contribution in [0.5, 0.6) is 5.75 Å². The molecule has 16 heavy (non-hydrogen) atoms. The van der Waals surface area contributed by atoms with Crippen molar-refractivity contribution in [2.24, 2.45) is 0 Å². The standard InChI is InChI=1S/C13H14BrNO/c14-11-1-3-12(4-2-11)16-13-5-9-7-15-8-10(9)6-13/h1-4,13,15H,5-8H2. The van der Waals surface area contributed by atoms with E-state index in [4.69, 9.17) is 4.74 Å². The van der Waals surface area contributed by atoms with E-state index in [0.717, 1.165) is 36.2 Å². The van der Waals surface area contributed by atoms with Crippen molar-refractivity contribution in [1.29, 1.82) is 0 Å². The van der Waals surface area contributed by atoms with E-state index in [9.17, 15) is 0 Å². The quantitative estimate of drug-likeness (QED) is 0.841. The number of hydrogen-bond acceptors (Lipinski definition) is 2. The maximum Gasteiger partial charge on any atom is 0.119 e. The van der Waals surface area contributed by atoms with Crippen LogP contribution in [0.2, 0.25) is 0 Å². The molecule has 0 fully saturated rings. The fourth-order valence-corrected chi connectivity index (χ4v) is 2.72. The van der Waals surface area contributed by atoms with E-state index in [1.54, 1.807) is 11.1 Å². The van der Waals surface area contributed by atoms with Crippen LogP contribution >= 0.6 is 15.9 Å². The summed E-state index contributed by atoms with van der Waals surface area (Å²) in [5, 5.41) is 3.38. The predicted molar refractivity (Wildman–Crippen MR) is 67.7 cm³/mol. The second kappa shape index (κ2) is 4.22. The Bertz CT molecular complexity index is 408. The average molecular weight is 280 g/mol. The van der Waals surface area contributed by atoms with E-state index >= 15 is 0 Å². The second-order valence-corrected chi connectivity index (χ2v) is 5.33. The SMILES string of the molecule is Brc1ccc(OC2CC3=C(CNC3)C2)cc1. The van der Waals surface area contributed by atoms with Crippen LogP contribution in [0.25, 0.3) is 0 Å². The molecule has 0 saturated carbocycles. The fourth-order valence-electron chi connectivity index (χ4n) is 2.46. The van der Waals surface area contributed by atoms with E-state index in [2.05, 4.69) is 21.2 Å². The molecule has 1 aliphatic heterocycles. The summed E-state index contributed by atoms with van der Waals surface area (Å²) in [5.41, 5.74) is 3.14. The van der Waals surface area contributed by atoms with Crippen molar-refractivity contribution in [2.75, 3.05) is 13.1 Å². The number of hydrogen-bond donors (Lipinski definition) is 1. The molecule has 1 heterocycles. The van der Waals surface area contributed by atoms with Gasteiger partial charge in [-0.2, -0.15) is 0 Å². The maximum absolute atomic E-state index is 5.98. The van der Waals surface area contributed by atoms with E-state index in [1.807, 2.05) is 24.3 Å². The summed E-state index contributed by atoms with van der Waals surface area (Å²) in [5.74, 6) is 0.974. The first kappa shape index (κ1) is 10.4. The van der Waals surface area contributed by atoms with Crippen LogP contribution in [0.4, 0.5) is 0 Å². The van der Waals surface area contributed by atoms with Crippen LogP contribution in [0.15, 0.2) is 39.9 Å². The summed E-state index contributed by atoms with van der Waals surface area (Å²) >= 11 is 3.43. The third-order valence-corrected chi connectivity index (χ3v) is 3.77. The predicted octanol–water partition coefficient (Wildman–Crippen LogP) is 2.89. The van der Waals surface area contributed by atoms with Gasteiger partial charge in [-0.05, 0) is 24.3 Å². The fraction of sp³-hybridized carbons (Fsp3) is 0.385. The Morgan fingerprint density at radius 3 is 2.31 bits per heavy atom. The molecule has 0 bridgehead atoms. The van der Waals surface area contributed by atoms with Crippen molar-refractivity contribution < 1.29 is 4.74 Å². The number of halogens is 1. The lowest BCUT2D eigenvalue weighted by atomic mass is 10.2. The highest BCUT2D eigenvalue weighted by molar-refractivity contribution is 9.10. The monoisotopic (exact) mass is 279 g/mol. The van der Waals surface area contributed by atoms with Crippen LogP contribution in [0.3, 0.4) is 0 Å². The Kier molecular flexibility index (Phi) is 2.74. The highest BCUT2D eigenvalue weighted by atomic mass is 79.9. The van der Waals surface area contributed by atoms with Gasteiger partial charge in [0, 0.05) is 30.4 Å². The van der Waals surface area contributed by atoms with Gasteiger partial charge in [-0.15, -0.1) is 0 Å². The largest absolute Gasteiger partial charge is 0.490 e. The molecule has 84 valence electrons. The summed E-state index contributed by atoms with van der Waals surface area (Å²) in [6, 6.07) is 8.08. The lowest BCUT2D eigenvalue weighted by Crippen LogP contribution is -2.19. The number of rotatable bonds is 2. The van der Waals surface area contributed by atoms with E-state index < -0.39 is 0 Å². The number of ether oxygens (including phenoxy) is 1. The topological polar surface area (TPSA) is 21.3 Å². The van der Waals surface area contributed by atoms with Crippen LogP contribution < -0.4 is 10.1 Å². The van der Waals surface area contributed by atoms with Gasteiger partial charge in [0.05, 0.1) is 0 Å². The Hall–Kier alpha value is -0.800. The van der Waals surface area contributed by atoms with Crippen molar-refractivity contribution in [1.82, 2.24) is 5.32 Å². The minimum absolute atomic E-state index is 0.355. The minimum atomic E-state index is 0.355. The molecule has 0 spiro atoms. The van der Waals surface area contributed by atoms with Crippen molar-refractivity contribution in [2.45, 2.75) is 18.9 Å². The van der Waals surface area contributed by atoms with Crippen molar-refractivity contribution in [3.8, 4) is 5.75 Å². The Balaban J connectivity index is 1.63. The molecule has 0 aromatic heterocycles. The smallest absolute Gasteiger partial charge is 0.119 e. The van der Waals surface area contributed by atoms with Gasteiger partial charge in [0.1, 0.15) is 11.9 Å². The zero-order valence-corrected chi connectivity index (χ0v) is 10.6. The molecule has 0 amide bonds. The number of benzene rings is 1. The molecule has 1 N–H and O–H groups in total. The second-order valence-electron chi connectivity index (χ2n) is 4.41. The lowest BCUT2D eigenvalue weighted by Gasteiger charge is -2.15. The van der Waals surface area contributed by atoms with Crippen molar-refractivity contribution in [3.05, 3.63) is 39.9 Å². The van der Waals surface area contributed by atoms with Crippen LogP contribution in [-0.2, 0) is 0 Å².